The van der Waals surface area contributed by atoms with Crippen molar-refractivity contribution in [3.8, 4) is 11.7 Å². The second-order valence-electron chi connectivity index (χ2n) is 5.52. The van der Waals surface area contributed by atoms with Gasteiger partial charge in [0.2, 0.25) is 0 Å². The number of carboxylic acids is 1. The summed E-state index contributed by atoms with van der Waals surface area (Å²) < 4.78 is 11.3. The molecule has 2 heterocycles. The van der Waals surface area contributed by atoms with Gasteiger partial charge in [-0.2, -0.15) is 0 Å². The van der Waals surface area contributed by atoms with Crippen molar-refractivity contribution in [2.24, 2.45) is 5.92 Å². The van der Waals surface area contributed by atoms with E-state index in [-0.39, 0.29) is 5.92 Å². The van der Waals surface area contributed by atoms with Gasteiger partial charge in [0.1, 0.15) is 11.5 Å². The SMILES string of the molecule is O=C(O)C1CCN(Cc2ccc(Oc3ccccc3)o2)CC1. The topological polar surface area (TPSA) is 62.9 Å². The van der Waals surface area contributed by atoms with Crippen molar-refractivity contribution in [2.75, 3.05) is 13.1 Å². The average molecular weight is 301 g/mol. The number of hydrogen-bond donors (Lipinski definition) is 1. The van der Waals surface area contributed by atoms with Gasteiger partial charge in [-0.25, -0.2) is 0 Å². The monoisotopic (exact) mass is 301 g/mol. The van der Waals surface area contributed by atoms with Crippen molar-refractivity contribution >= 4 is 5.97 Å². The van der Waals surface area contributed by atoms with Gasteiger partial charge in [0.25, 0.3) is 5.95 Å². The largest absolute Gasteiger partial charge is 0.481 e. The van der Waals surface area contributed by atoms with Crippen LogP contribution in [0.5, 0.6) is 11.7 Å². The van der Waals surface area contributed by atoms with Crippen LogP contribution in [0.1, 0.15) is 18.6 Å². The molecule has 1 N–H and O–H groups in total. The summed E-state index contributed by atoms with van der Waals surface area (Å²) in [6.45, 7) is 2.25. The Kier molecular flexibility index (Phi) is 4.44. The normalized spacial score (nSPS) is 16.5. The Morgan fingerprint density at radius 1 is 1.18 bits per heavy atom. The van der Waals surface area contributed by atoms with Crippen LogP contribution in [0.15, 0.2) is 46.9 Å². The Morgan fingerprint density at radius 2 is 1.91 bits per heavy atom. The van der Waals surface area contributed by atoms with Crippen LogP contribution < -0.4 is 4.74 Å². The highest BCUT2D eigenvalue weighted by atomic mass is 16.6. The first-order valence-electron chi connectivity index (χ1n) is 7.47. The number of aliphatic carboxylic acids is 1. The number of carbonyl (C=O) groups is 1. The number of piperidine rings is 1. The Bertz CT molecular complexity index is 615. The van der Waals surface area contributed by atoms with E-state index >= 15 is 0 Å². The molecule has 1 saturated heterocycles. The van der Waals surface area contributed by atoms with Gasteiger partial charge in [-0.15, -0.1) is 0 Å². The number of hydrogen-bond acceptors (Lipinski definition) is 4. The molecule has 116 valence electrons. The van der Waals surface area contributed by atoms with Crippen molar-refractivity contribution in [1.82, 2.24) is 4.90 Å². The van der Waals surface area contributed by atoms with Gasteiger partial charge in [-0.1, -0.05) is 18.2 Å². The lowest BCUT2D eigenvalue weighted by molar-refractivity contribution is -0.143. The highest BCUT2D eigenvalue weighted by Gasteiger charge is 2.24. The summed E-state index contributed by atoms with van der Waals surface area (Å²) in [7, 11) is 0. The summed E-state index contributed by atoms with van der Waals surface area (Å²) in [5.74, 6) is 1.16. The lowest BCUT2D eigenvalue weighted by atomic mass is 9.97. The highest BCUT2D eigenvalue weighted by molar-refractivity contribution is 5.70. The van der Waals surface area contributed by atoms with Crippen LogP contribution in [-0.2, 0) is 11.3 Å². The van der Waals surface area contributed by atoms with E-state index < -0.39 is 5.97 Å². The smallest absolute Gasteiger partial charge is 0.306 e. The van der Waals surface area contributed by atoms with Gasteiger partial charge < -0.3 is 14.3 Å². The lowest BCUT2D eigenvalue weighted by Crippen LogP contribution is -2.35. The zero-order valence-electron chi connectivity index (χ0n) is 12.3. The average Bonchev–Trinajstić information content (AvgIpc) is 2.96. The molecule has 1 aromatic heterocycles. The molecule has 1 aliphatic rings. The summed E-state index contributed by atoms with van der Waals surface area (Å²) in [5.41, 5.74) is 0. The Hall–Kier alpha value is -2.27. The van der Waals surface area contributed by atoms with E-state index in [0.717, 1.165) is 24.6 Å². The third-order valence-electron chi connectivity index (χ3n) is 3.91. The molecule has 1 aromatic carbocycles. The predicted molar refractivity (Wildman–Crippen MR) is 80.9 cm³/mol. The third kappa shape index (κ3) is 3.68. The minimum atomic E-state index is -0.684. The van der Waals surface area contributed by atoms with Gasteiger partial charge in [0.05, 0.1) is 12.5 Å². The van der Waals surface area contributed by atoms with Crippen LogP contribution in [-0.4, -0.2) is 29.1 Å². The fraction of sp³-hybridized carbons (Fsp3) is 0.353. The van der Waals surface area contributed by atoms with Crippen LogP contribution in [0.2, 0.25) is 0 Å². The molecule has 1 fully saturated rings. The first-order valence-corrected chi connectivity index (χ1v) is 7.47. The standard InChI is InChI=1S/C17H19NO4/c19-17(20)13-8-10-18(11-9-13)12-15-6-7-16(22-15)21-14-4-2-1-3-5-14/h1-7,13H,8-12H2,(H,19,20). The second-order valence-corrected chi connectivity index (χ2v) is 5.52. The highest BCUT2D eigenvalue weighted by Crippen LogP contribution is 2.25. The van der Waals surface area contributed by atoms with E-state index in [9.17, 15) is 4.79 Å². The molecule has 22 heavy (non-hydrogen) atoms. The molecule has 0 unspecified atom stereocenters. The first-order chi connectivity index (χ1) is 10.7. The molecule has 5 nitrogen and oxygen atoms in total. The van der Waals surface area contributed by atoms with Crippen molar-refractivity contribution in [3.05, 3.63) is 48.2 Å². The van der Waals surface area contributed by atoms with Crippen molar-refractivity contribution < 1.29 is 19.1 Å². The number of para-hydroxylation sites is 1. The third-order valence-corrected chi connectivity index (χ3v) is 3.91. The molecule has 3 rings (SSSR count). The molecular formula is C17H19NO4. The molecule has 1 aliphatic heterocycles. The number of likely N-dealkylation sites (tertiary alicyclic amines) is 1. The van der Waals surface area contributed by atoms with E-state index in [2.05, 4.69) is 4.90 Å². The maximum atomic E-state index is 10.9. The molecule has 0 bridgehead atoms. The minimum absolute atomic E-state index is 0.204. The molecule has 0 spiro atoms. The van der Waals surface area contributed by atoms with Crippen molar-refractivity contribution in [2.45, 2.75) is 19.4 Å². The molecule has 2 aromatic rings. The van der Waals surface area contributed by atoms with E-state index in [1.165, 1.54) is 0 Å². The number of rotatable bonds is 5. The van der Waals surface area contributed by atoms with Gasteiger partial charge in [-0.3, -0.25) is 9.69 Å². The van der Waals surface area contributed by atoms with Crippen LogP contribution in [0, 0.1) is 5.92 Å². The van der Waals surface area contributed by atoms with Gasteiger partial charge in [0, 0.05) is 6.07 Å². The molecular weight excluding hydrogens is 282 g/mol. The lowest BCUT2D eigenvalue weighted by Gasteiger charge is -2.29. The van der Waals surface area contributed by atoms with E-state index in [1.54, 1.807) is 0 Å². The quantitative estimate of drug-likeness (QED) is 0.917. The van der Waals surface area contributed by atoms with Gasteiger partial charge in [0.15, 0.2) is 0 Å². The van der Waals surface area contributed by atoms with Crippen LogP contribution in [0.25, 0.3) is 0 Å². The molecule has 0 atom stereocenters. The zero-order valence-corrected chi connectivity index (χ0v) is 12.3. The number of furan rings is 1. The fourth-order valence-corrected chi connectivity index (χ4v) is 2.66. The van der Waals surface area contributed by atoms with Crippen LogP contribution in [0.3, 0.4) is 0 Å². The van der Waals surface area contributed by atoms with Crippen molar-refractivity contribution in [1.29, 1.82) is 0 Å². The summed E-state index contributed by atoms with van der Waals surface area (Å²) in [6, 6.07) is 13.2. The maximum Gasteiger partial charge on any atom is 0.306 e. The molecule has 0 radical (unpaired) electrons. The Labute approximate surface area is 129 Å². The van der Waals surface area contributed by atoms with E-state index in [0.29, 0.717) is 25.3 Å². The van der Waals surface area contributed by atoms with Crippen LogP contribution >= 0.6 is 0 Å². The van der Waals surface area contributed by atoms with E-state index in [1.807, 2.05) is 42.5 Å². The predicted octanol–water partition coefficient (Wildman–Crippen LogP) is 3.37. The van der Waals surface area contributed by atoms with Gasteiger partial charge >= 0.3 is 5.97 Å². The summed E-state index contributed by atoms with van der Waals surface area (Å²) >= 11 is 0. The Morgan fingerprint density at radius 3 is 2.59 bits per heavy atom. The van der Waals surface area contributed by atoms with Crippen LogP contribution in [0.4, 0.5) is 0 Å². The summed E-state index contributed by atoms with van der Waals surface area (Å²) in [5, 5.41) is 9.00. The summed E-state index contributed by atoms with van der Waals surface area (Å²) in [6.07, 6.45) is 1.40. The second kappa shape index (κ2) is 6.66. The zero-order chi connectivity index (χ0) is 15.4. The number of benzene rings is 1. The minimum Gasteiger partial charge on any atom is -0.481 e. The number of nitrogens with zero attached hydrogens (tertiary/aromatic N) is 1. The Balaban J connectivity index is 1.53. The van der Waals surface area contributed by atoms with Gasteiger partial charge in [-0.05, 0) is 44.1 Å². The molecule has 5 heteroatoms. The fourth-order valence-electron chi connectivity index (χ4n) is 2.66. The molecule has 0 saturated carbocycles. The molecule has 0 amide bonds. The molecule has 0 aliphatic carbocycles. The first kappa shape index (κ1) is 14.7. The van der Waals surface area contributed by atoms with E-state index in [4.69, 9.17) is 14.3 Å². The number of carboxylic acid groups (broad SMARTS) is 1. The van der Waals surface area contributed by atoms with Crippen molar-refractivity contribution in [3.63, 3.8) is 0 Å². The number of ether oxygens (including phenoxy) is 1. The maximum absolute atomic E-state index is 10.9. The summed E-state index contributed by atoms with van der Waals surface area (Å²) in [4.78, 5) is 13.2.